The molecule has 3 rings (SSSR count). The van der Waals surface area contributed by atoms with Crippen LogP contribution in [-0.4, -0.2) is 33.8 Å². The summed E-state index contributed by atoms with van der Waals surface area (Å²) in [7, 11) is 0. The van der Waals surface area contributed by atoms with E-state index in [1.807, 2.05) is 26.0 Å². The van der Waals surface area contributed by atoms with Gasteiger partial charge in [-0.1, -0.05) is 33.3 Å². The molecule has 3 aromatic rings. The molecule has 1 aromatic carbocycles. The molecule has 200 valence electrons. The van der Waals surface area contributed by atoms with Gasteiger partial charge in [0.25, 0.3) is 11.5 Å². The molecule has 2 aromatic heterocycles. The van der Waals surface area contributed by atoms with Gasteiger partial charge < -0.3 is 25.1 Å². The lowest BCUT2D eigenvalue weighted by molar-refractivity contribution is 0.0521. The van der Waals surface area contributed by atoms with Crippen LogP contribution < -0.4 is 21.3 Å². The zero-order valence-corrected chi connectivity index (χ0v) is 23.2. The molecule has 0 aliphatic carbocycles. The zero-order chi connectivity index (χ0) is 27.3. The molecule has 0 saturated carbocycles. The number of primary amides is 1. The summed E-state index contributed by atoms with van der Waals surface area (Å²) in [5, 5.41) is 6.13. The number of amides is 2. The highest BCUT2D eigenvalue weighted by Crippen LogP contribution is 2.33. The number of ether oxygens (including phenoxy) is 2. The van der Waals surface area contributed by atoms with E-state index in [0.717, 1.165) is 18.4 Å². The number of aromatic nitrogens is 2. The number of nitrogens with one attached hydrogen (secondary N) is 1. The molecule has 9 nitrogen and oxygen atoms in total. The molecule has 0 bridgehead atoms. The molecule has 3 N–H and O–H groups in total. The van der Waals surface area contributed by atoms with Crippen molar-refractivity contribution in [2.24, 2.45) is 11.7 Å². The van der Waals surface area contributed by atoms with E-state index in [1.54, 1.807) is 36.8 Å². The minimum absolute atomic E-state index is 0.0571. The Hall–Kier alpha value is -3.40. The molecular weight excluding hydrogens is 492 g/mol. The van der Waals surface area contributed by atoms with Crippen LogP contribution in [0.5, 0.6) is 5.75 Å². The van der Waals surface area contributed by atoms with Gasteiger partial charge in [0.05, 0.1) is 24.2 Å². The number of hydrogen-bond acceptors (Lipinski definition) is 7. The van der Waals surface area contributed by atoms with Crippen molar-refractivity contribution in [1.82, 2.24) is 14.9 Å². The highest BCUT2D eigenvalue weighted by Gasteiger charge is 2.22. The van der Waals surface area contributed by atoms with E-state index in [1.165, 1.54) is 11.3 Å². The molecule has 0 unspecified atom stereocenters. The van der Waals surface area contributed by atoms with E-state index in [9.17, 15) is 14.4 Å². The van der Waals surface area contributed by atoms with Crippen molar-refractivity contribution in [3.8, 4) is 16.3 Å². The number of carbonyl (C=O) groups excluding carboxylic acids is 2. The molecule has 0 fully saturated rings. The van der Waals surface area contributed by atoms with Crippen LogP contribution >= 0.6 is 11.3 Å². The van der Waals surface area contributed by atoms with Crippen molar-refractivity contribution in [2.45, 2.75) is 73.1 Å². The lowest BCUT2D eigenvalue weighted by Gasteiger charge is -2.23. The third-order valence-corrected chi connectivity index (χ3v) is 6.31. The second-order valence-electron chi connectivity index (χ2n) is 10.3. The molecule has 37 heavy (non-hydrogen) atoms. The number of pyridine rings is 1. The fourth-order valence-corrected chi connectivity index (χ4v) is 4.61. The molecule has 0 saturated heterocycles. The number of nitrogens with zero attached hydrogens (tertiary/aromatic N) is 2. The van der Waals surface area contributed by atoms with Crippen molar-refractivity contribution in [3.63, 3.8) is 0 Å². The number of rotatable bonds is 10. The highest BCUT2D eigenvalue weighted by molar-refractivity contribution is 7.13. The lowest BCUT2D eigenvalue weighted by Crippen LogP contribution is -2.35. The Labute approximate surface area is 221 Å². The molecule has 2 heterocycles. The fourth-order valence-electron chi connectivity index (χ4n) is 3.80. The molecule has 2 amide bonds. The summed E-state index contributed by atoms with van der Waals surface area (Å²) >= 11 is 1.30. The van der Waals surface area contributed by atoms with Crippen LogP contribution in [0.4, 0.5) is 4.79 Å². The van der Waals surface area contributed by atoms with Crippen molar-refractivity contribution in [1.29, 1.82) is 0 Å². The van der Waals surface area contributed by atoms with Gasteiger partial charge in [0.2, 0.25) is 0 Å². The minimum Gasteiger partial charge on any atom is -0.491 e. The Morgan fingerprint density at radius 2 is 1.95 bits per heavy atom. The van der Waals surface area contributed by atoms with Crippen LogP contribution in [0.25, 0.3) is 21.3 Å². The summed E-state index contributed by atoms with van der Waals surface area (Å²) in [6.45, 7) is 12.5. The summed E-state index contributed by atoms with van der Waals surface area (Å²) in [5.74, 6) is 0.118. The van der Waals surface area contributed by atoms with Gasteiger partial charge in [0.15, 0.2) is 0 Å². The van der Waals surface area contributed by atoms with Gasteiger partial charge in [0.1, 0.15) is 22.1 Å². The third kappa shape index (κ3) is 7.09. The van der Waals surface area contributed by atoms with Gasteiger partial charge in [0, 0.05) is 22.9 Å². The average molecular weight is 529 g/mol. The van der Waals surface area contributed by atoms with Gasteiger partial charge in [-0.15, -0.1) is 11.3 Å². The fraction of sp³-hybridized carbons (Fsp3) is 0.481. The summed E-state index contributed by atoms with van der Waals surface area (Å²) < 4.78 is 13.4. The monoisotopic (exact) mass is 528 g/mol. The summed E-state index contributed by atoms with van der Waals surface area (Å²) in [4.78, 5) is 42.0. The average Bonchev–Trinajstić information content (AvgIpc) is 3.30. The zero-order valence-electron chi connectivity index (χ0n) is 22.3. The third-order valence-electron chi connectivity index (χ3n) is 5.42. The second kappa shape index (κ2) is 11.8. The van der Waals surface area contributed by atoms with Gasteiger partial charge in [-0.2, -0.15) is 0 Å². The van der Waals surface area contributed by atoms with E-state index in [4.69, 9.17) is 15.2 Å². The van der Waals surface area contributed by atoms with Gasteiger partial charge in [-0.3, -0.25) is 9.59 Å². The first kappa shape index (κ1) is 28.2. The number of thiazole rings is 1. The predicted octanol–water partition coefficient (Wildman–Crippen LogP) is 5.08. The lowest BCUT2D eigenvalue weighted by atomic mass is 10.0. The first-order valence-electron chi connectivity index (χ1n) is 12.5. The van der Waals surface area contributed by atoms with Crippen LogP contribution in [-0.2, 0) is 17.8 Å². The Morgan fingerprint density at radius 1 is 1.22 bits per heavy atom. The molecule has 0 radical (unpaired) electrons. The first-order chi connectivity index (χ1) is 17.4. The van der Waals surface area contributed by atoms with Crippen LogP contribution in [0.1, 0.15) is 70.6 Å². The van der Waals surface area contributed by atoms with Gasteiger partial charge in [-0.05, 0) is 45.2 Å². The maximum Gasteiger partial charge on any atom is 0.407 e. The van der Waals surface area contributed by atoms with E-state index in [2.05, 4.69) is 17.2 Å². The van der Waals surface area contributed by atoms with Crippen LogP contribution in [0.15, 0.2) is 28.4 Å². The van der Waals surface area contributed by atoms with Crippen molar-refractivity contribution < 1.29 is 19.1 Å². The van der Waals surface area contributed by atoms with Gasteiger partial charge in [-0.25, -0.2) is 9.78 Å². The Balaban J connectivity index is 2.19. The number of fused-ring (bicyclic) bond motifs is 1. The number of benzene rings is 1. The second-order valence-corrected chi connectivity index (χ2v) is 11.2. The molecule has 10 heteroatoms. The Morgan fingerprint density at radius 3 is 2.54 bits per heavy atom. The number of unbranched alkanes of at least 4 members (excludes halogenated alkanes) is 1. The van der Waals surface area contributed by atoms with Crippen molar-refractivity contribution in [2.75, 3.05) is 6.61 Å². The quantitative estimate of drug-likeness (QED) is 0.353. The Bertz CT molecular complexity index is 1340. The van der Waals surface area contributed by atoms with Crippen molar-refractivity contribution >= 4 is 34.1 Å². The number of nitrogens with two attached hydrogens (primary N) is 1. The predicted molar refractivity (Wildman–Crippen MR) is 146 cm³/mol. The van der Waals surface area contributed by atoms with Crippen molar-refractivity contribution in [3.05, 3.63) is 45.3 Å². The maximum atomic E-state index is 13.7. The summed E-state index contributed by atoms with van der Waals surface area (Å²) in [5.41, 5.74) is 6.05. The Kier molecular flexibility index (Phi) is 8.96. The van der Waals surface area contributed by atoms with Crippen LogP contribution in [0, 0.1) is 5.92 Å². The van der Waals surface area contributed by atoms with Crippen LogP contribution in [0.3, 0.4) is 0 Å². The van der Waals surface area contributed by atoms with E-state index < -0.39 is 17.6 Å². The largest absolute Gasteiger partial charge is 0.491 e. The highest BCUT2D eigenvalue weighted by atomic mass is 32.1. The van der Waals surface area contributed by atoms with E-state index in [0.29, 0.717) is 40.4 Å². The van der Waals surface area contributed by atoms with E-state index in [-0.39, 0.29) is 23.7 Å². The standard InChI is InChI=1S/C27H36N4O5S/c1-7-8-11-35-22-19-12-17(24-30-20(15-37-24)23(28)32)9-10-18(19)25(33)31(14-16(2)3)21(22)13-29-26(34)36-27(4,5)6/h9-10,12,15-16H,7-8,11,13-14H2,1-6H3,(H2,28,32)(H,29,34). The number of hydrogen-bond donors (Lipinski definition) is 2. The molecular formula is C27H36N4O5S. The minimum atomic E-state index is -0.655. The number of alkyl carbamates (subject to hydrolysis) is 1. The molecule has 0 atom stereocenters. The molecule has 0 spiro atoms. The topological polar surface area (TPSA) is 126 Å². The molecule has 0 aliphatic heterocycles. The summed E-state index contributed by atoms with van der Waals surface area (Å²) in [6, 6.07) is 5.41. The maximum absolute atomic E-state index is 13.7. The summed E-state index contributed by atoms with van der Waals surface area (Å²) in [6.07, 6.45) is 1.19. The number of carbonyl (C=O) groups is 2. The first-order valence-corrected chi connectivity index (χ1v) is 13.3. The molecule has 0 aliphatic rings. The van der Waals surface area contributed by atoms with Crippen LogP contribution in [0.2, 0.25) is 0 Å². The van der Waals surface area contributed by atoms with Gasteiger partial charge >= 0.3 is 6.09 Å². The normalized spacial score (nSPS) is 11.6. The SMILES string of the molecule is CCCCOc1c(CNC(=O)OC(C)(C)C)n(CC(C)C)c(=O)c2ccc(-c3nc(C(N)=O)cs3)cc12. The van der Waals surface area contributed by atoms with E-state index >= 15 is 0 Å². The smallest absolute Gasteiger partial charge is 0.407 e.